The van der Waals surface area contributed by atoms with E-state index in [2.05, 4.69) is 15.6 Å². The maximum atomic E-state index is 13.0. The Labute approximate surface area is 123 Å². The summed E-state index contributed by atoms with van der Waals surface area (Å²) >= 11 is 5.59. The number of aromatic nitrogens is 1. The van der Waals surface area contributed by atoms with Crippen molar-refractivity contribution in [1.82, 2.24) is 4.98 Å². The molecule has 0 bridgehead atoms. The number of anilines is 2. The minimum absolute atomic E-state index is 0.0377. The van der Waals surface area contributed by atoms with E-state index in [-0.39, 0.29) is 22.1 Å². The lowest BCUT2D eigenvalue weighted by molar-refractivity contribution is 0.0691. The molecule has 0 spiro atoms. The van der Waals surface area contributed by atoms with E-state index in [1.807, 2.05) is 0 Å². The molecule has 1 aromatic carbocycles. The maximum Gasteiger partial charge on any atom is 0.356 e. The van der Waals surface area contributed by atoms with Gasteiger partial charge in [-0.15, -0.1) is 0 Å². The maximum absolute atomic E-state index is 13.0. The number of rotatable bonds is 3. The van der Waals surface area contributed by atoms with Crippen LogP contribution in [0.2, 0.25) is 5.02 Å². The van der Waals surface area contributed by atoms with Crippen molar-refractivity contribution in [1.29, 1.82) is 0 Å². The van der Waals surface area contributed by atoms with Gasteiger partial charge in [0.05, 0.1) is 10.7 Å². The summed E-state index contributed by atoms with van der Waals surface area (Å²) in [6, 6.07) is 5.84. The summed E-state index contributed by atoms with van der Waals surface area (Å²) in [6.45, 7) is 0. The SMILES string of the molecule is O=C(Nc1ccc(F)c(Cl)c1)Nc1cccnc1C(=O)O. The Hall–Kier alpha value is -2.67. The number of carbonyl (C=O) groups is 2. The zero-order valence-corrected chi connectivity index (χ0v) is 11.2. The summed E-state index contributed by atoms with van der Waals surface area (Å²) in [5.74, 6) is -1.88. The van der Waals surface area contributed by atoms with Crippen LogP contribution in [-0.2, 0) is 0 Å². The van der Waals surface area contributed by atoms with E-state index < -0.39 is 17.8 Å². The van der Waals surface area contributed by atoms with E-state index in [0.717, 1.165) is 6.07 Å². The monoisotopic (exact) mass is 309 g/mol. The van der Waals surface area contributed by atoms with Crippen LogP contribution in [0.1, 0.15) is 10.5 Å². The number of nitrogens with one attached hydrogen (secondary N) is 2. The van der Waals surface area contributed by atoms with Crippen molar-refractivity contribution in [2.45, 2.75) is 0 Å². The van der Waals surface area contributed by atoms with Crippen LogP contribution in [0.5, 0.6) is 0 Å². The quantitative estimate of drug-likeness (QED) is 0.812. The van der Waals surface area contributed by atoms with Gasteiger partial charge in [-0.05, 0) is 30.3 Å². The first-order valence-electron chi connectivity index (χ1n) is 5.69. The fourth-order valence-corrected chi connectivity index (χ4v) is 1.72. The number of carboxylic acid groups (broad SMARTS) is 1. The second kappa shape index (κ2) is 6.19. The van der Waals surface area contributed by atoms with Crippen LogP contribution in [0.4, 0.5) is 20.6 Å². The number of pyridine rings is 1. The molecule has 108 valence electrons. The summed E-state index contributed by atoms with van der Waals surface area (Å²) in [6.07, 6.45) is 1.30. The van der Waals surface area contributed by atoms with Crippen LogP contribution in [0, 0.1) is 5.82 Å². The van der Waals surface area contributed by atoms with Gasteiger partial charge < -0.3 is 15.7 Å². The number of benzene rings is 1. The molecule has 1 heterocycles. The number of carbonyl (C=O) groups excluding carboxylic acids is 1. The van der Waals surface area contributed by atoms with Crippen LogP contribution in [0.3, 0.4) is 0 Å². The Balaban J connectivity index is 2.12. The molecule has 2 rings (SSSR count). The lowest BCUT2D eigenvalue weighted by atomic mass is 10.3. The number of carboxylic acids is 1. The molecule has 0 aliphatic heterocycles. The van der Waals surface area contributed by atoms with E-state index >= 15 is 0 Å². The Kier molecular flexibility index (Phi) is 4.34. The predicted octanol–water partition coefficient (Wildman–Crippen LogP) is 3.22. The fraction of sp³-hybridized carbons (Fsp3) is 0. The smallest absolute Gasteiger partial charge is 0.356 e. The van der Waals surface area contributed by atoms with Gasteiger partial charge >= 0.3 is 12.0 Å². The molecule has 0 radical (unpaired) electrons. The van der Waals surface area contributed by atoms with Gasteiger partial charge in [0.15, 0.2) is 5.69 Å². The lowest BCUT2D eigenvalue weighted by Crippen LogP contribution is -2.21. The van der Waals surface area contributed by atoms with E-state index in [0.29, 0.717) is 0 Å². The third-order valence-electron chi connectivity index (χ3n) is 2.44. The third kappa shape index (κ3) is 3.67. The van der Waals surface area contributed by atoms with Crippen molar-refractivity contribution in [3.63, 3.8) is 0 Å². The van der Waals surface area contributed by atoms with Gasteiger partial charge in [0.2, 0.25) is 0 Å². The molecule has 0 unspecified atom stereocenters. The highest BCUT2D eigenvalue weighted by atomic mass is 35.5. The van der Waals surface area contributed by atoms with Gasteiger partial charge in [0.1, 0.15) is 5.82 Å². The molecular weight excluding hydrogens is 301 g/mol. The Bertz CT molecular complexity index is 709. The number of amides is 2. The van der Waals surface area contributed by atoms with E-state index in [1.165, 1.54) is 30.5 Å². The van der Waals surface area contributed by atoms with Gasteiger partial charge in [0, 0.05) is 11.9 Å². The molecule has 1 aromatic heterocycles. The minimum Gasteiger partial charge on any atom is -0.476 e. The summed E-state index contributed by atoms with van der Waals surface area (Å²) < 4.78 is 13.0. The lowest BCUT2D eigenvalue weighted by Gasteiger charge is -2.09. The van der Waals surface area contributed by atoms with Gasteiger partial charge in [-0.2, -0.15) is 0 Å². The highest BCUT2D eigenvalue weighted by Crippen LogP contribution is 2.20. The van der Waals surface area contributed by atoms with Crippen molar-refractivity contribution in [3.05, 3.63) is 53.1 Å². The summed E-state index contributed by atoms with van der Waals surface area (Å²) in [7, 11) is 0. The molecule has 0 aliphatic rings. The zero-order valence-electron chi connectivity index (χ0n) is 10.4. The Morgan fingerprint density at radius 2 is 2.00 bits per heavy atom. The van der Waals surface area contributed by atoms with Crippen LogP contribution in [-0.4, -0.2) is 22.1 Å². The zero-order chi connectivity index (χ0) is 15.4. The molecule has 0 atom stereocenters. The molecular formula is C13H9ClFN3O3. The van der Waals surface area contributed by atoms with Crippen molar-refractivity contribution in [2.24, 2.45) is 0 Å². The number of aromatic carboxylic acids is 1. The van der Waals surface area contributed by atoms with E-state index in [4.69, 9.17) is 16.7 Å². The van der Waals surface area contributed by atoms with Gasteiger partial charge in [-0.3, -0.25) is 0 Å². The largest absolute Gasteiger partial charge is 0.476 e. The van der Waals surface area contributed by atoms with E-state index in [9.17, 15) is 14.0 Å². The summed E-state index contributed by atoms with van der Waals surface area (Å²) in [5, 5.41) is 13.6. The van der Waals surface area contributed by atoms with Crippen LogP contribution in [0.15, 0.2) is 36.5 Å². The first-order valence-corrected chi connectivity index (χ1v) is 6.06. The highest BCUT2D eigenvalue weighted by Gasteiger charge is 2.13. The molecule has 21 heavy (non-hydrogen) atoms. The van der Waals surface area contributed by atoms with Gasteiger partial charge in [0.25, 0.3) is 0 Å². The van der Waals surface area contributed by atoms with Crippen LogP contribution < -0.4 is 10.6 Å². The molecule has 0 saturated carbocycles. The molecule has 2 amide bonds. The second-order valence-corrected chi connectivity index (χ2v) is 4.32. The molecule has 8 heteroatoms. The Morgan fingerprint density at radius 3 is 2.67 bits per heavy atom. The number of urea groups is 1. The number of hydrogen-bond donors (Lipinski definition) is 3. The van der Waals surface area contributed by atoms with Crippen molar-refractivity contribution in [3.8, 4) is 0 Å². The highest BCUT2D eigenvalue weighted by molar-refractivity contribution is 6.31. The van der Waals surface area contributed by atoms with Crippen LogP contribution >= 0.6 is 11.6 Å². The van der Waals surface area contributed by atoms with Crippen molar-refractivity contribution >= 4 is 35.0 Å². The third-order valence-corrected chi connectivity index (χ3v) is 2.73. The minimum atomic E-state index is -1.27. The molecule has 0 fully saturated rings. The number of halogens is 2. The standard InChI is InChI=1S/C13H9ClFN3O3/c14-8-6-7(3-4-9(8)15)17-13(21)18-10-2-1-5-16-11(10)12(19)20/h1-6H,(H,19,20)(H2,17,18,21). The first kappa shape index (κ1) is 14.7. The van der Waals surface area contributed by atoms with Gasteiger partial charge in [-0.1, -0.05) is 11.6 Å². The average Bonchev–Trinajstić information content (AvgIpc) is 2.43. The molecule has 0 aliphatic carbocycles. The number of nitrogens with zero attached hydrogens (tertiary/aromatic N) is 1. The van der Waals surface area contributed by atoms with Crippen molar-refractivity contribution in [2.75, 3.05) is 10.6 Å². The molecule has 3 N–H and O–H groups in total. The van der Waals surface area contributed by atoms with Crippen molar-refractivity contribution < 1.29 is 19.1 Å². The topological polar surface area (TPSA) is 91.3 Å². The Morgan fingerprint density at radius 1 is 1.24 bits per heavy atom. The predicted molar refractivity (Wildman–Crippen MR) is 75.2 cm³/mol. The van der Waals surface area contributed by atoms with Gasteiger partial charge in [-0.25, -0.2) is 19.0 Å². The number of hydrogen-bond acceptors (Lipinski definition) is 3. The summed E-state index contributed by atoms with van der Waals surface area (Å²) in [5.41, 5.74) is 0.0140. The average molecular weight is 310 g/mol. The molecule has 0 saturated heterocycles. The first-order chi connectivity index (χ1) is 9.97. The second-order valence-electron chi connectivity index (χ2n) is 3.91. The molecule has 2 aromatic rings. The van der Waals surface area contributed by atoms with Crippen LogP contribution in [0.25, 0.3) is 0 Å². The normalized spacial score (nSPS) is 10.0. The molecule has 6 nitrogen and oxygen atoms in total. The van der Waals surface area contributed by atoms with E-state index in [1.54, 1.807) is 0 Å². The summed E-state index contributed by atoms with van der Waals surface area (Å²) in [4.78, 5) is 26.4. The fourth-order valence-electron chi connectivity index (χ4n) is 1.54.